The second kappa shape index (κ2) is 7.95. The van der Waals surface area contributed by atoms with Gasteiger partial charge in [-0.25, -0.2) is 14.6 Å². The minimum Gasteiger partial charge on any atom is -0.494 e. The first kappa shape index (κ1) is 20.4. The van der Waals surface area contributed by atoms with E-state index in [1.807, 2.05) is 20.8 Å². The molecule has 0 bridgehead atoms. The lowest BCUT2D eigenvalue weighted by atomic mass is 9.98. The summed E-state index contributed by atoms with van der Waals surface area (Å²) in [6.45, 7) is 6.89. The number of rotatable bonds is 3. The molecule has 1 aromatic carbocycles. The lowest BCUT2D eigenvalue weighted by Gasteiger charge is -2.32. The SMILES string of the molecule is COC(=O)c1cc(OC)c2nc(C3CCN(C(=O)OC(C)(C)C)CC3)sc2c1. The summed E-state index contributed by atoms with van der Waals surface area (Å²) < 4.78 is 16.6. The largest absolute Gasteiger partial charge is 0.494 e. The lowest BCUT2D eigenvalue weighted by Crippen LogP contribution is -2.41. The van der Waals surface area contributed by atoms with E-state index in [2.05, 4.69) is 0 Å². The highest BCUT2D eigenvalue weighted by atomic mass is 32.1. The number of thiazole rings is 1. The molecule has 0 N–H and O–H groups in total. The maximum absolute atomic E-state index is 12.2. The number of ether oxygens (including phenoxy) is 3. The van der Waals surface area contributed by atoms with Crippen LogP contribution in [0, 0.1) is 0 Å². The van der Waals surface area contributed by atoms with Crippen molar-refractivity contribution < 1.29 is 23.8 Å². The van der Waals surface area contributed by atoms with Crippen molar-refractivity contribution in [2.75, 3.05) is 27.3 Å². The summed E-state index contributed by atoms with van der Waals surface area (Å²) in [5.74, 6) is 0.426. The Hall–Kier alpha value is -2.35. The number of fused-ring (bicyclic) bond motifs is 1. The molecule has 0 unspecified atom stereocenters. The number of amides is 1. The Kier molecular flexibility index (Phi) is 5.79. The van der Waals surface area contributed by atoms with Crippen LogP contribution in [0.2, 0.25) is 0 Å². The number of benzene rings is 1. The highest BCUT2D eigenvalue weighted by Crippen LogP contribution is 2.38. The molecule has 2 aromatic rings. The summed E-state index contributed by atoms with van der Waals surface area (Å²) in [4.78, 5) is 30.7. The average Bonchev–Trinajstić information content (AvgIpc) is 3.09. The first-order valence-electron chi connectivity index (χ1n) is 9.26. The van der Waals surface area contributed by atoms with Crippen molar-refractivity contribution in [3.8, 4) is 5.75 Å². The molecule has 1 aromatic heterocycles. The second-order valence-electron chi connectivity index (χ2n) is 7.81. The summed E-state index contributed by atoms with van der Waals surface area (Å²) in [6.07, 6.45) is 1.39. The number of hydrogen-bond donors (Lipinski definition) is 0. The Morgan fingerprint density at radius 1 is 1.18 bits per heavy atom. The lowest BCUT2D eigenvalue weighted by molar-refractivity contribution is 0.0204. The molecule has 0 spiro atoms. The molecule has 2 heterocycles. The molecule has 1 aliphatic heterocycles. The molecule has 3 rings (SSSR count). The van der Waals surface area contributed by atoms with E-state index in [0.29, 0.717) is 24.4 Å². The third-order valence-corrected chi connectivity index (χ3v) is 5.78. The first-order chi connectivity index (χ1) is 13.2. The van der Waals surface area contributed by atoms with Gasteiger partial charge in [0, 0.05) is 19.0 Å². The normalized spacial score (nSPS) is 15.5. The Morgan fingerprint density at radius 3 is 2.43 bits per heavy atom. The van der Waals surface area contributed by atoms with Crippen molar-refractivity contribution in [3.63, 3.8) is 0 Å². The molecule has 152 valence electrons. The van der Waals surface area contributed by atoms with E-state index in [0.717, 1.165) is 28.1 Å². The van der Waals surface area contributed by atoms with Crippen molar-refractivity contribution >= 4 is 33.6 Å². The van der Waals surface area contributed by atoms with E-state index in [1.54, 1.807) is 35.5 Å². The van der Waals surface area contributed by atoms with Crippen molar-refractivity contribution in [1.29, 1.82) is 0 Å². The van der Waals surface area contributed by atoms with Gasteiger partial charge in [0.1, 0.15) is 16.9 Å². The molecule has 0 aliphatic carbocycles. The number of carbonyl (C=O) groups excluding carboxylic acids is 2. The molecule has 0 saturated carbocycles. The topological polar surface area (TPSA) is 78.0 Å². The number of carbonyl (C=O) groups is 2. The minimum atomic E-state index is -0.491. The van der Waals surface area contributed by atoms with Gasteiger partial charge in [0.25, 0.3) is 0 Å². The Morgan fingerprint density at radius 2 is 1.86 bits per heavy atom. The molecule has 1 amide bonds. The van der Waals surface area contributed by atoms with E-state index in [-0.39, 0.29) is 12.0 Å². The number of piperidine rings is 1. The summed E-state index contributed by atoms with van der Waals surface area (Å²) in [5, 5.41) is 0.999. The molecule has 0 radical (unpaired) electrons. The van der Waals surface area contributed by atoms with Gasteiger partial charge in [0.2, 0.25) is 0 Å². The van der Waals surface area contributed by atoms with E-state index in [4.69, 9.17) is 19.2 Å². The van der Waals surface area contributed by atoms with Crippen LogP contribution in [0.4, 0.5) is 4.79 Å². The molecular weight excluding hydrogens is 380 g/mol. The van der Waals surface area contributed by atoms with Gasteiger partial charge in [-0.1, -0.05) is 0 Å². The zero-order valence-electron chi connectivity index (χ0n) is 16.9. The van der Waals surface area contributed by atoms with Crippen molar-refractivity contribution in [3.05, 3.63) is 22.7 Å². The van der Waals surface area contributed by atoms with Gasteiger partial charge in [-0.05, 0) is 45.7 Å². The van der Waals surface area contributed by atoms with Crippen LogP contribution in [0.25, 0.3) is 10.2 Å². The summed E-state index contributed by atoms with van der Waals surface area (Å²) >= 11 is 1.56. The second-order valence-corrected chi connectivity index (χ2v) is 8.87. The van der Waals surface area contributed by atoms with Gasteiger partial charge >= 0.3 is 12.1 Å². The fourth-order valence-electron chi connectivity index (χ4n) is 3.22. The standard InChI is InChI=1S/C20H26N2O5S/c1-20(2,3)27-19(24)22-8-6-12(7-9-22)17-21-16-14(25-4)10-13(18(23)26-5)11-15(16)28-17/h10-12H,6-9H2,1-5H3. The molecule has 7 nitrogen and oxygen atoms in total. The fraction of sp³-hybridized carbons (Fsp3) is 0.550. The highest BCUT2D eigenvalue weighted by molar-refractivity contribution is 7.18. The van der Waals surface area contributed by atoms with Crippen LogP contribution in [0.3, 0.4) is 0 Å². The van der Waals surface area contributed by atoms with E-state index >= 15 is 0 Å². The Bertz CT molecular complexity index is 879. The monoisotopic (exact) mass is 406 g/mol. The average molecular weight is 407 g/mol. The van der Waals surface area contributed by atoms with E-state index in [9.17, 15) is 9.59 Å². The van der Waals surface area contributed by atoms with Crippen LogP contribution in [-0.4, -0.2) is 54.9 Å². The molecule has 8 heteroatoms. The molecule has 0 atom stereocenters. The zero-order chi connectivity index (χ0) is 20.5. The van der Waals surface area contributed by atoms with Crippen LogP contribution in [0.5, 0.6) is 5.75 Å². The van der Waals surface area contributed by atoms with Gasteiger partial charge in [-0.2, -0.15) is 0 Å². The van der Waals surface area contributed by atoms with Gasteiger partial charge in [-0.3, -0.25) is 0 Å². The van der Waals surface area contributed by atoms with Crippen LogP contribution in [-0.2, 0) is 9.47 Å². The van der Waals surface area contributed by atoms with Crippen LogP contribution < -0.4 is 4.74 Å². The molecular formula is C20H26N2O5S. The van der Waals surface area contributed by atoms with Crippen molar-refractivity contribution in [1.82, 2.24) is 9.88 Å². The summed E-state index contributed by atoms with van der Waals surface area (Å²) in [7, 11) is 2.92. The fourth-order valence-corrected chi connectivity index (χ4v) is 4.41. The minimum absolute atomic E-state index is 0.264. The quantitative estimate of drug-likeness (QED) is 0.711. The molecule has 1 saturated heterocycles. The number of likely N-dealkylation sites (tertiary alicyclic amines) is 1. The maximum Gasteiger partial charge on any atom is 0.410 e. The predicted octanol–water partition coefficient (Wildman–Crippen LogP) is 4.21. The Labute approximate surface area is 168 Å². The van der Waals surface area contributed by atoms with E-state index < -0.39 is 11.6 Å². The summed E-state index contributed by atoms with van der Waals surface area (Å²) in [5.41, 5.74) is 0.709. The number of nitrogens with zero attached hydrogens (tertiary/aromatic N) is 2. The molecule has 1 fully saturated rings. The Balaban J connectivity index is 1.76. The number of esters is 1. The third-order valence-electron chi connectivity index (χ3n) is 4.61. The van der Waals surface area contributed by atoms with Crippen LogP contribution in [0.1, 0.15) is 54.9 Å². The van der Waals surface area contributed by atoms with E-state index in [1.165, 1.54) is 7.11 Å². The summed E-state index contributed by atoms with van der Waals surface area (Å²) in [6, 6.07) is 3.45. The zero-order valence-corrected chi connectivity index (χ0v) is 17.7. The third kappa shape index (κ3) is 4.38. The highest BCUT2D eigenvalue weighted by Gasteiger charge is 2.29. The van der Waals surface area contributed by atoms with Crippen molar-refractivity contribution in [2.24, 2.45) is 0 Å². The number of hydrogen-bond acceptors (Lipinski definition) is 7. The van der Waals surface area contributed by atoms with Crippen molar-refractivity contribution in [2.45, 2.75) is 45.1 Å². The first-order valence-corrected chi connectivity index (χ1v) is 10.1. The smallest absolute Gasteiger partial charge is 0.410 e. The molecule has 28 heavy (non-hydrogen) atoms. The number of methoxy groups -OCH3 is 2. The predicted molar refractivity (Wildman–Crippen MR) is 107 cm³/mol. The van der Waals surface area contributed by atoms with Gasteiger partial charge in [0.05, 0.1) is 29.5 Å². The maximum atomic E-state index is 12.2. The van der Waals surface area contributed by atoms with Crippen LogP contribution in [0.15, 0.2) is 12.1 Å². The van der Waals surface area contributed by atoms with Crippen LogP contribution >= 0.6 is 11.3 Å². The van der Waals surface area contributed by atoms with Gasteiger partial charge in [-0.15, -0.1) is 11.3 Å². The van der Waals surface area contributed by atoms with Gasteiger partial charge in [0.15, 0.2) is 0 Å². The number of aromatic nitrogens is 1. The van der Waals surface area contributed by atoms with Gasteiger partial charge < -0.3 is 19.1 Å². The molecule has 1 aliphatic rings.